The lowest BCUT2D eigenvalue weighted by molar-refractivity contribution is 0.0836. The number of hydrogen-bond donors (Lipinski definition) is 0. The quantitative estimate of drug-likeness (QED) is 0.604. The predicted molar refractivity (Wildman–Crippen MR) is 71.7 cm³/mol. The zero-order valence-corrected chi connectivity index (χ0v) is 11.4. The molecule has 0 nitrogen and oxygen atoms in total. The minimum atomic E-state index is 1.05. The molecule has 4 rings (SSSR count). The molecule has 96 valence electrons. The van der Waals surface area contributed by atoms with Gasteiger partial charge in [0.2, 0.25) is 0 Å². The van der Waals surface area contributed by atoms with E-state index in [1.807, 2.05) is 0 Å². The summed E-state index contributed by atoms with van der Waals surface area (Å²) in [7, 11) is 0. The molecular weight excluding hydrogens is 204 g/mol. The topological polar surface area (TPSA) is 0 Å². The lowest BCUT2D eigenvalue weighted by Gasteiger charge is -2.41. The monoisotopic (exact) mass is 232 g/mol. The maximum Gasteiger partial charge on any atom is -0.0354 e. The zero-order chi connectivity index (χ0) is 11.4. The Hall–Kier alpha value is 0. The third-order valence-corrected chi connectivity index (χ3v) is 7.10. The molecule has 6 unspecified atom stereocenters. The Balaban J connectivity index is 1.50. The lowest BCUT2D eigenvalue weighted by Crippen LogP contribution is -2.33. The Morgan fingerprint density at radius 3 is 2.06 bits per heavy atom. The summed E-state index contributed by atoms with van der Waals surface area (Å²) in [6, 6.07) is 0. The third-order valence-electron chi connectivity index (χ3n) is 7.10. The summed E-state index contributed by atoms with van der Waals surface area (Å²) >= 11 is 0. The van der Waals surface area contributed by atoms with Crippen molar-refractivity contribution in [1.82, 2.24) is 0 Å². The molecule has 0 aliphatic heterocycles. The van der Waals surface area contributed by atoms with Crippen molar-refractivity contribution in [2.75, 3.05) is 0 Å². The van der Waals surface area contributed by atoms with E-state index in [4.69, 9.17) is 0 Å². The van der Waals surface area contributed by atoms with Gasteiger partial charge < -0.3 is 0 Å². The van der Waals surface area contributed by atoms with E-state index >= 15 is 0 Å². The van der Waals surface area contributed by atoms with E-state index in [9.17, 15) is 0 Å². The number of fused-ring (bicyclic) bond motifs is 4. The maximum absolute atomic E-state index is 2.55. The fraction of sp³-hybridized carbons (Fsp3) is 1.00. The smallest absolute Gasteiger partial charge is 0.0354 e. The summed E-state index contributed by atoms with van der Waals surface area (Å²) in [4.78, 5) is 0. The van der Waals surface area contributed by atoms with Gasteiger partial charge in [0, 0.05) is 0 Å². The van der Waals surface area contributed by atoms with Crippen LogP contribution in [0.15, 0.2) is 0 Å². The summed E-state index contributed by atoms with van der Waals surface area (Å²) in [6.07, 6.45) is 14.4. The van der Waals surface area contributed by atoms with E-state index in [0.29, 0.717) is 0 Å². The van der Waals surface area contributed by atoms with Crippen molar-refractivity contribution >= 4 is 0 Å². The third kappa shape index (κ3) is 1.78. The average molecular weight is 232 g/mol. The van der Waals surface area contributed by atoms with E-state index in [2.05, 4.69) is 6.92 Å². The van der Waals surface area contributed by atoms with Gasteiger partial charge in [-0.1, -0.05) is 19.8 Å². The predicted octanol–water partition coefficient (Wildman–Crippen LogP) is 4.89. The van der Waals surface area contributed by atoms with E-state index in [1.165, 1.54) is 0 Å². The van der Waals surface area contributed by atoms with Crippen LogP contribution in [0.2, 0.25) is 0 Å². The van der Waals surface area contributed by atoms with Crippen LogP contribution in [0.1, 0.15) is 64.7 Å². The molecule has 0 N–H and O–H groups in total. The molecule has 0 aromatic heterocycles. The highest BCUT2D eigenvalue weighted by molar-refractivity contribution is 4.96. The van der Waals surface area contributed by atoms with Gasteiger partial charge in [0.15, 0.2) is 0 Å². The van der Waals surface area contributed by atoms with Gasteiger partial charge in [-0.3, -0.25) is 0 Å². The largest absolute Gasteiger partial charge is 0.0622 e. The highest BCUT2D eigenvalue weighted by atomic mass is 14.5. The lowest BCUT2D eigenvalue weighted by atomic mass is 9.64. The SMILES string of the molecule is CC1CC(C2CC3CCC(C3)C2)C2CCC1C2. The fourth-order valence-corrected chi connectivity index (χ4v) is 6.26. The van der Waals surface area contributed by atoms with Crippen LogP contribution in [0.3, 0.4) is 0 Å². The Kier molecular flexibility index (Phi) is 2.56. The van der Waals surface area contributed by atoms with Gasteiger partial charge in [-0.05, 0) is 86.4 Å². The van der Waals surface area contributed by atoms with Crippen LogP contribution in [0.5, 0.6) is 0 Å². The molecule has 17 heavy (non-hydrogen) atoms. The Labute approximate surface area is 107 Å². The van der Waals surface area contributed by atoms with Crippen molar-refractivity contribution in [3.8, 4) is 0 Å². The molecule has 0 heteroatoms. The van der Waals surface area contributed by atoms with Crippen molar-refractivity contribution in [2.45, 2.75) is 64.7 Å². The van der Waals surface area contributed by atoms with Gasteiger partial charge in [0.1, 0.15) is 0 Å². The molecule has 0 saturated heterocycles. The molecule has 0 radical (unpaired) electrons. The van der Waals surface area contributed by atoms with Crippen LogP contribution in [0.4, 0.5) is 0 Å². The van der Waals surface area contributed by atoms with Gasteiger partial charge in [-0.25, -0.2) is 0 Å². The van der Waals surface area contributed by atoms with Gasteiger partial charge in [-0.15, -0.1) is 0 Å². The molecule has 0 heterocycles. The molecular formula is C17H28. The molecule has 0 amide bonds. The van der Waals surface area contributed by atoms with E-state index in [-0.39, 0.29) is 0 Å². The Morgan fingerprint density at radius 1 is 0.588 bits per heavy atom. The average Bonchev–Trinajstić information content (AvgIpc) is 2.89. The van der Waals surface area contributed by atoms with Crippen LogP contribution in [-0.2, 0) is 0 Å². The second-order valence-corrected chi connectivity index (χ2v) is 7.99. The molecule has 4 fully saturated rings. The van der Waals surface area contributed by atoms with E-state index in [0.717, 1.165) is 41.4 Å². The van der Waals surface area contributed by atoms with Crippen molar-refractivity contribution in [3.63, 3.8) is 0 Å². The normalized spacial score (nSPS) is 57.4. The van der Waals surface area contributed by atoms with E-state index in [1.54, 1.807) is 57.8 Å². The van der Waals surface area contributed by atoms with Gasteiger partial charge in [0.05, 0.1) is 0 Å². The Bertz CT molecular complexity index is 282. The maximum atomic E-state index is 2.55. The van der Waals surface area contributed by atoms with Crippen molar-refractivity contribution in [1.29, 1.82) is 0 Å². The standard InChI is InChI=1S/C17H28/c1-11-6-17(15-5-4-14(11)10-15)16-8-12-2-3-13(7-12)9-16/h11-17H,2-10H2,1H3. The molecule has 0 spiro atoms. The fourth-order valence-electron chi connectivity index (χ4n) is 6.26. The minimum absolute atomic E-state index is 1.05. The highest BCUT2D eigenvalue weighted by Crippen LogP contribution is 2.56. The second kappa shape index (κ2) is 4.00. The van der Waals surface area contributed by atoms with Gasteiger partial charge >= 0.3 is 0 Å². The van der Waals surface area contributed by atoms with Gasteiger partial charge in [0.25, 0.3) is 0 Å². The Morgan fingerprint density at radius 2 is 1.29 bits per heavy atom. The van der Waals surface area contributed by atoms with E-state index < -0.39 is 0 Å². The number of rotatable bonds is 1. The highest BCUT2D eigenvalue weighted by Gasteiger charge is 2.45. The molecule has 4 aliphatic carbocycles. The van der Waals surface area contributed by atoms with Crippen molar-refractivity contribution in [3.05, 3.63) is 0 Å². The summed E-state index contributed by atoms with van der Waals surface area (Å²) in [5, 5.41) is 0. The van der Waals surface area contributed by atoms with Crippen LogP contribution in [-0.4, -0.2) is 0 Å². The molecule has 6 atom stereocenters. The number of hydrogen-bond acceptors (Lipinski definition) is 0. The first kappa shape index (κ1) is 10.9. The summed E-state index contributed by atoms with van der Waals surface area (Å²) in [5.74, 6) is 7.91. The summed E-state index contributed by atoms with van der Waals surface area (Å²) in [5.41, 5.74) is 0. The molecule has 0 aromatic rings. The minimum Gasteiger partial charge on any atom is -0.0622 e. The summed E-state index contributed by atoms with van der Waals surface area (Å²) < 4.78 is 0. The summed E-state index contributed by atoms with van der Waals surface area (Å²) in [6.45, 7) is 2.55. The molecule has 4 saturated carbocycles. The first-order chi connectivity index (χ1) is 8.29. The van der Waals surface area contributed by atoms with Crippen LogP contribution < -0.4 is 0 Å². The van der Waals surface area contributed by atoms with Crippen LogP contribution in [0.25, 0.3) is 0 Å². The molecule has 4 aliphatic rings. The second-order valence-electron chi connectivity index (χ2n) is 7.99. The zero-order valence-electron chi connectivity index (χ0n) is 11.4. The van der Waals surface area contributed by atoms with Gasteiger partial charge in [-0.2, -0.15) is 0 Å². The first-order valence-corrected chi connectivity index (χ1v) is 8.29. The molecule has 4 bridgehead atoms. The van der Waals surface area contributed by atoms with Crippen molar-refractivity contribution in [2.24, 2.45) is 41.4 Å². The van der Waals surface area contributed by atoms with Crippen LogP contribution in [0, 0.1) is 41.4 Å². The van der Waals surface area contributed by atoms with Crippen LogP contribution >= 0.6 is 0 Å². The molecule has 0 aromatic carbocycles. The van der Waals surface area contributed by atoms with Crippen molar-refractivity contribution < 1.29 is 0 Å². The first-order valence-electron chi connectivity index (χ1n) is 8.29.